The summed E-state index contributed by atoms with van der Waals surface area (Å²) in [7, 11) is 3.13. The molecule has 1 aromatic carbocycles. The number of ether oxygens (including phenoxy) is 2. The lowest BCUT2D eigenvalue weighted by atomic mass is 10.2. The van der Waals surface area contributed by atoms with E-state index in [1.807, 2.05) is 12.1 Å². The number of nitrogens with one attached hydrogen (secondary N) is 2. The summed E-state index contributed by atoms with van der Waals surface area (Å²) in [6.07, 6.45) is 5.11. The molecule has 33 heavy (non-hydrogen) atoms. The summed E-state index contributed by atoms with van der Waals surface area (Å²) in [5.74, 6) is 1.56. The summed E-state index contributed by atoms with van der Waals surface area (Å²) >= 11 is 1.28. The molecule has 1 aliphatic rings. The fourth-order valence-corrected chi connectivity index (χ4v) is 3.76. The Balaban J connectivity index is 1.32. The van der Waals surface area contributed by atoms with E-state index in [-0.39, 0.29) is 23.6 Å². The van der Waals surface area contributed by atoms with Crippen LogP contribution < -0.4 is 20.1 Å². The number of hydrogen-bond donors (Lipinski definition) is 2. The van der Waals surface area contributed by atoms with Gasteiger partial charge in [0.05, 0.1) is 20.0 Å². The van der Waals surface area contributed by atoms with Gasteiger partial charge in [0, 0.05) is 30.4 Å². The third-order valence-electron chi connectivity index (χ3n) is 4.91. The number of amides is 2. The predicted octanol–water partition coefficient (Wildman–Crippen LogP) is 1.98. The number of para-hydroxylation sites is 1. The first kappa shape index (κ1) is 22.6. The van der Waals surface area contributed by atoms with Crippen LogP contribution in [-0.4, -0.2) is 57.6 Å². The summed E-state index contributed by atoms with van der Waals surface area (Å²) in [5.41, 5.74) is 1.15. The van der Waals surface area contributed by atoms with Crippen LogP contribution in [0.4, 0.5) is 0 Å². The molecule has 0 spiro atoms. The highest BCUT2D eigenvalue weighted by atomic mass is 32.2. The van der Waals surface area contributed by atoms with Gasteiger partial charge in [0.15, 0.2) is 23.0 Å². The zero-order valence-electron chi connectivity index (χ0n) is 18.3. The van der Waals surface area contributed by atoms with E-state index in [2.05, 4.69) is 25.7 Å². The highest BCUT2D eigenvalue weighted by molar-refractivity contribution is 7.99. The standard InChI is InChI=1S/C22H24N6O4S/c1-31-17-5-3-4-14(21(17)32-2)11-23-19(29)12-33-20-10-18(24-13-25-20)28-9-8-16(27-28)22(30)26-15-6-7-15/h3-5,8-10,13,15H,6-7,11-12H2,1-2H3,(H,23,29)(H,26,30). The van der Waals surface area contributed by atoms with E-state index in [0.717, 1.165) is 18.4 Å². The molecule has 11 heteroatoms. The molecule has 0 aliphatic heterocycles. The molecule has 3 aromatic rings. The van der Waals surface area contributed by atoms with Crippen molar-refractivity contribution in [2.45, 2.75) is 30.5 Å². The predicted molar refractivity (Wildman–Crippen MR) is 122 cm³/mol. The van der Waals surface area contributed by atoms with Crippen molar-refractivity contribution in [2.24, 2.45) is 0 Å². The molecule has 1 fully saturated rings. The largest absolute Gasteiger partial charge is 0.493 e. The van der Waals surface area contributed by atoms with Crippen molar-refractivity contribution in [1.29, 1.82) is 0 Å². The minimum atomic E-state index is -0.191. The minimum Gasteiger partial charge on any atom is -0.493 e. The third-order valence-corrected chi connectivity index (χ3v) is 5.83. The fourth-order valence-electron chi connectivity index (χ4n) is 3.07. The van der Waals surface area contributed by atoms with E-state index in [9.17, 15) is 9.59 Å². The number of hydrogen-bond acceptors (Lipinski definition) is 8. The smallest absolute Gasteiger partial charge is 0.272 e. The van der Waals surface area contributed by atoms with Crippen LogP contribution in [0.25, 0.3) is 5.82 Å². The Labute approximate surface area is 195 Å². The van der Waals surface area contributed by atoms with Crippen molar-refractivity contribution in [3.8, 4) is 17.3 Å². The Hall–Kier alpha value is -3.60. The number of nitrogens with zero attached hydrogens (tertiary/aromatic N) is 4. The number of methoxy groups -OCH3 is 2. The average molecular weight is 469 g/mol. The highest BCUT2D eigenvalue weighted by Gasteiger charge is 2.24. The molecule has 2 aromatic heterocycles. The number of aromatic nitrogens is 4. The number of carbonyl (C=O) groups excluding carboxylic acids is 2. The molecule has 0 unspecified atom stereocenters. The third kappa shape index (κ3) is 5.80. The molecule has 0 bridgehead atoms. The minimum absolute atomic E-state index is 0.150. The van der Waals surface area contributed by atoms with Gasteiger partial charge in [0.2, 0.25) is 5.91 Å². The van der Waals surface area contributed by atoms with E-state index in [1.54, 1.807) is 38.6 Å². The topological polar surface area (TPSA) is 120 Å². The van der Waals surface area contributed by atoms with Crippen LogP contribution in [0.1, 0.15) is 28.9 Å². The maximum atomic E-state index is 12.4. The monoisotopic (exact) mass is 468 g/mol. The van der Waals surface area contributed by atoms with Crippen LogP contribution in [-0.2, 0) is 11.3 Å². The van der Waals surface area contributed by atoms with Crippen LogP contribution in [0.2, 0.25) is 0 Å². The van der Waals surface area contributed by atoms with E-state index in [4.69, 9.17) is 9.47 Å². The van der Waals surface area contributed by atoms with Gasteiger partial charge in [-0.15, -0.1) is 0 Å². The van der Waals surface area contributed by atoms with Gasteiger partial charge in [0.25, 0.3) is 5.91 Å². The van der Waals surface area contributed by atoms with Crippen molar-refractivity contribution < 1.29 is 19.1 Å². The van der Waals surface area contributed by atoms with Gasteiger partial charge in [-0.3, -0.25) is 9.59 Å². The van der Waals surface area contributed by atoms with Gasteiger partial charge in [-0.1, -0.05) is 23.9 Å². The Morgan fingerprint density at radius 1 is 1.18 bits per heavy atom. The zero-order valence-corrected chi connectivity index (χ0v) is 19.1. The lowest BCUT2D eigenvalue weighted by molar-refractivity contribution is -0.118. The molecule has 172 valence electrons. The normalized spacial score (nSPS) is 12.8. The van der Waals surface area contributed by atoms with Gasteiger partial charge < -0.3 is 20.1 Å². The van der Waals surface area contributed by atoms with Crippen LogP contribution in [0.15, 0.2) is 47.9 Å². The van der Waals surface area contributed by atoms with Gasteiger partial charge in [-0.05, 0) is 25.0 Å². The van der Waals surface area contributed by atoms with E-state index in [1.165, 1.54) is 22.8 Å². The summed E-state index contributed by atoms with van der Waals surface area (Å²) < 4.78 is 12.2. The molecule has 2 amide bonds. The second-order valence-electron chi connectivity index (χ2n) is 7.33. The lowest BCUT2D eigenvalue weighted by Gasteiger charge is -2.13. The SMILES string of the molecule is COc1cccc(CNC(=O)CSc2cc(-n3ccc(C(=O)NC4CC4)n3)ncn2)c1OC. The second-order valence-corrected chi connectivity index (χ2v) is 8.32. The maximum Gasteiger partial charge on any atom is 0.272 e. The van der Waals surface area contributed by atoms with E-state index >= 15 is 0 Å². The maximum absolute atomic E-state index is 12.4. The average Bonchev–Trinajstić information content (AvgIpc) is 3.51. The van der Waals surface area contributed by atoms with Gasteiger partial charge in [0.1, 0.15) is 11.4 Å². The molecule has 0 radical (unpaired) electrons. The fraction of sp³-hybridized carbons (Fsp3) is 0.318. The number of rotatable bonds is 10. The van der Waals surface area contributed by atoms with E-state index in [0.29, 0.717) is 34.6 Å². The quantitative estimate of drug-likeness (QED) is 0.342. The molecular weight excluding hydrogens is 444 g/mol. The first-order valence-corrected chi connectivity index (χ1v) is 11.3. The molecule has 1 saturated carbocycles. The molecule has 1 aliphatic carbocycles. The molecule has 4 rings (SSSR count). The van der Waals surface area contributed by atoms with Crippen LogP contribution in [0.5, 0.6) is 11.5 Å². The summed E-state index contributed by atoms with van der Waals surface area (Å²) in [5, 5.41) is 10.7. The van der Waals surface area contributed by atoms with Gasteiger partial charge in [-0.25, -0.2) is 14.6 Å². The van der Waals surface area contributed by atoms with Crippen LogP contribution in [0.3, 0.4) is 0 Å². The second kappa shape index (κ2) is 10.3. The van der Waals surface area contributed by atoms with Crippen molar-refractivity contribution in [3.05, 3.63) is 54.1 Å². The number of thioether (sulfide) groups is 1. The van der Waals surface area contributed by atoms with Crippen molar-refractivity contribution in [1.82, 2.24) is 30.4 Å². The first-order valence-electron chi connectivity index (χ1n) is 10.4. The van der Waals surface area contributed by atoms with Gasteiger partial charge >= 0.3 is 0 Å². The van der Waals surface area contributed by atoms with Crippen molar-refractivity contribution in [3.63, 3.8) is 0 Å². The zero-order chi connectivity index (χ0) is 23.2. The Morgan fingerprint density at radius 3 is 2.79 bits per heavy atom. The number of benzene rings is 1. The summed E-state index contributed by atoms with van der Waals surface area (Å²) in [6.45, 7) is 0.313. The molecule has 10 nitrogen and oxygen atoms in total. The van der Waals surface area contributed by atoms with Crippen molar-refractivity contribution in [2.75, 3.05) is 20.0 Å². The molecule has 0 saturated heterocycles. The van der Waals surface area contributed by atoms with Crippen molar-refractivity contribution >= 4 is 23.6 Å². The van der Waals surface area contributed by atoms with Crippen LogP contribution >= 0.6 is 11.8 Å². The molecule has 0 atom stereocenters. The Kier molecular flexibility index (Phi) is 7.08. The molecular formula is C22H24N6O4S. The summed E-state index contributed by atoms with van der Waals surface area (Å²) in [4.78, 5) is 32.9. The highest BCUT2D eigenvalue weighted by Crippen LogP contribution is 2.30. The Morgan fingerprint density at radius 2 is 2.03 bits per heavy atom. The molecule has 2 heterocycles. The first-order chi connectivity index (χ1) is 16.1. The van der Waals surface area contributed by atoms with Gasteiger partial charge in [-0.2, -0.15) is 5.10 Å². The molecule has 2 N–H and O–H groups in total. The van der Waals surface area contributed by atoms with E-state index < -0.39 is 0 Å². The summed E-state index contributed by atoms with van der Waals surface area (Å²) in [6, 6.07) is 9.14. The lowest BCUT2D eigenvalue weighted by Crippen LogP contribution is -2.25. The van der Waals surface area contributed by atoms with Crippen LogP contribution in [0, 0.1) is 0 Å². The Bertz CT molecular complexity index is 1150. The number of carbonyl (C=O) groups is 2.